The summed E-state index contributed by atoms with van der Waals surface area (Å²) < 4.78 is 26.2. The van der Waals surface area contributed by atoms with Gasteiger partial charge >= 0.3 is 0 Å². The van der Waals surface area contributed by atoms with E-state index in [1.165, 1.54) is 11.1 Å². The minimum atomic E-state index is 0.431. The summed E-state index contributed by atoms with van der Waals surface area (Å²) in [5, 5.41) is 13.0. The number of nitrogens with zero attached hydrogens (tertiary/aromatic N) is 2. The number of para-hydroxylation sites is 2. The van der Waals surface area contributed by atoms with Gasteiger partial charge in [0.2, 0.25) is 0 Å². The van der Waals surface area contributed by atoms with Gasteiger partial charge in [0.1, 0.15) is 44.7 Å². The van der Waals surface area contributed by atoms with Crippen LogP contribution in [0.25, 0.3) is 109 Å². The maximum absolute atomic E-state index is 6.88. The maximum Gasteiger partial charge on any atom is 0.143 e. The van der Waals surface area contributed by atoms with Crippen LogP contribution >= 0.6 is 0 Å². The van der Waals surface area contributed by atoms with Crippen LogP contribution in [0.4, 0.5) is 34.1 Å². The number of hydrogen-bond acceptors (Lipinski definition) is 6. The van der Waals surface area contributed by atoms with Crippen molar-refractivity contribution in [2.24, 2.45) is 0 Å². The number of hydrogen-bond donors (Lipinski definition) is 0. The fraction of sp³-hybridized carbons (Fsp3) is 0.0882. The maximum atomic E-state index is 6.88. The Morgan fingerprint density at radius 1 is 0.270 bits per heavy atom. The van der Waals surface area contributed by atoms with Crippen molar-refractivity contribution in [2.45, 2.75) is 39.5 Å². The first-order valence-corrected chi connectivity index (χ1v) is 25.6. The molecule has 0 bridgehead atoms. The number of fused-ring (bicyclic) bond motifs is 16. The van der Waals surface area contributed by atoms with E-state index in [9.17, 15) is 0 Å². The summed E-state index contributed by atoms with van der Waals surface area (Å²) in [4.78, 5) is 4.68. The lowest BCUT2D eigenvalue weighted by Crippen LogP contribution is -2.10. The zero-order chi connectivity index (χ0) is 49.3. The summed E-state index contributed by atoms with van der Waals surface area (Å²) in [5.41, 5.74) is 15.9. The van der Waals surface area contributed by atoms with Crippen LogP contribution in [0.15, 0.2) is 224 Å². The molecule has 0 saturated heterocycles. The Morgan fingerprint density at radius 3 is 1.30 bits per heavy atom. The average molecular weight is 957 g/mol. The van der Waals surface area contributed by atoms with Crippen molar-refractivity contribution < 1.29 is 17.7 Å². The lowest BCUT2D eigenvalue weighted by molar-refractivity contribution is 0.664. The molecule has 0 aliphatic rings. The predicted molar refractivity (Wildman–Crippen MR) is 308 cm³/mol. The molecule has 15 rings (SSSR count). The van der Waals surface area contributed by atoms with E-state index in [4.69, 9.17) is 17.7 Å². The first kappa shape index (κ1) is 42.4. The zero-order valence-corrected chi connectivity index (χ0v) is 41.3. The molecule has 4 heterocycles. The minimum Gasteiger partial charge on any atom is -0.456 e. The van der Waals surface area contributed by atoms with E-state index in [-0.39, 0.29) is 0 Å². The molecule has 354 valence electrons. The van der Waals surface area contributed by atoms with Gasteiger partial charge in [0.05, 0.1) is 0 Å². The van der Waals surface area contributed by atoms with E-state index in [2.05, 4.69) is 219 Å². The molecule has 0 fully saturated rings. The Hall–Kier alpha value is -9.26. The Morgan fingerprint density at radius 2 is 0.703 bits per heavy atom. The van der Waals surface area contributed by atoms with Gasteiger partial charge in [-0.25, -0.2) is 0 Å². The summed E-state index contributed by atoms with van der Waals surface area (Å²) in [5.74, 6) is 0.861. The third kappa shape index (κ3) is 6.57. The van der Waals surface area contributed by atoms with Gasteiger partial charge in [-0.3, -0.25) is 0 Å². The van der Waals surface area contributed by atoms with E-state index in [1.54, 1.807) is 0 Å². The summed E-state index contributed by atoms with van der Waals surface area (Å²) in [6.45, 7) is 8.94. The topological polar surface area (TPSA) is 59.0 Å². The van der Waals surface area contributed by atoms with Gasteiger partial charge in [-0.15, -0.1) is 0 Å². The largest absolute Gasteiger partial charge is 0.456 e. The lowest BCUT2D eigenvalue weighted by atomic mass is 10.00. The van der Waals surface area contributed by atoms with E-state index in [1.807, 2.05) is 24.3 Å². The molecule has 0 amide bonds. The van der Waals surface area contributed by atoms with Crippen LogP contribution < -0.4 is 9.80 Å². The second kappa shape index (κ2) is 16.1. The number of rotatable bonds is 8. The molecule has 4 aromatic heterocycles. The summed E-state index contributed by atoms with van der Waals surface area (Å²) in [7, 11) is 0. The smallest absolute Gasteiger partial charge is 0.143 e. The fourth-order valence-electron chi connectivity index (χ4n) is 11.5. The van der Waals surface area contributed by atoms with Crippen molar-refractivity contribution in [3.8, 4) is 0 Å². The monoisotopic (exact) mass is 956 g/mol. The zero-order valence-electron chi connectivity index (χ0n) is 41.3. The molecular weight excluding hydrogens is 909 g/mol. The van der Waals surface area contributed by atoms with Crippen molar-refractivity contribution in [3.63, 3.8) is 0 Å². The van der Waals surface area contributed by atoms with Crippen molar-refractivity contribution in [3.05, 3.63) is 217 Å². The highest BCUT2D eigenvalue weighted by Gasteiger charge is 2.22. The van der Waals surface area contributed by atoms with Gasteiger partial charge in [-0.1, -0.05) is 100 Å². The highest BCUT2D eigenvalue weighted by molar-refractivity contribution is 6.29. The molecule has 0 radical (unpaired) electrons. The van der Waals surface area contributed by atoms with Crippen LogP contribution in [0.5, 0.6) is 0 Å². The van der Waals surface area contributed by atoms with Crippen molar-refractivity contribution in [2.75, 3.05) is 9.80 Å². The van der Waals surface area contributed by atoms with Crippen LogP contribution in [0, 0.1) is 0 Å². The molecule has 0 aliphatic carbocycles. The van der Waals surface area contributed by atoms with Crippen LogP contribution in [-0.4, -0.2) is 0 Å². The minimum absolute atomic E-state index is 0.431. The highest BCUT2D eigenvalue weighted by Crippen LogP contribution is 2.46. The molecule has 0 saturated carbocycles. The molecule has 0 unspecified atom stereocenters. The molecule has 0 atom stereocenters. The van der Waals surface area contributed by atoms with E-state index in [0.717, 1.165) is 143 Å². The quantitative estimate of drug-likeness (QED) is 0.151. The molecular formula is C68H48N2O4. The predicted octanol–water partition coefficient (Wildman–Crippen LogP) is 20.8. The SMILES string of the molecule is CC(C)c1ccc(N(c2ccc3cc4c(cc3c2)oc2ccc3oc5c6ccc(N(c7ccc(C(C)C)cc7)c7ccc8oc9ccccc9c8c7)cc6ccc5c3c24)c2ccc3oc4ccccc4c3c2)cc1. The number of anilines is 6. The number of benzene rings is 11. The van der Waals surface area contributed by atoms with Gasteiger partial charge < -0.3 is 27.5 Å². The Labute approximate surface area is 425 Å². The van der Waals surface area contributed by atoms with Gasteiger partial charge in [0.25, 0.3) is 0 Å². The average Bonchev–Trinajstić information content (AvgIpc) is 4.24. The molecule has 0 spiro atoms. The van der Waals surface area contributed by atoms with E-state index in [0.29, 0.717) is 11.8 Å². The number of furan rings is 4. The fourth-order valence-corrected chi connectivity index (χ4v) is 11.5. The molecule has 15 aromatic rings. The molecule has 11 aromatic carbocycles. The van der Waals surface area contributed by atoms with Crippen molar-refractivity contribution >= 4 is 143 Å². The highest BCUT2D eigenvalue weighted by atomic mass is 16.3. The third-order valence-electron chi connectivity index (χ3n) is 15.4. The molecule has 0 aliphatic heterocycles. The summed E-state index contributed by atoms with van der Waals surface area (Å²) in [6.07, 6.45) is 0. The normalized spacial score (nSPS) is 12.3. The van der Waals surface area contributed by atoms with Crippen LogP contribution in [-0.2, 0) is 0 Å². The van der Waals surface area contributed by atoms with Crippen molar-refractivity contribution in [1.29, 1.82) is 0 Å². The van der Waals surface area contributed by atoms with Gasteiger partial charge in [0, 0.05) is 82.6 Å². The van der Waals surface area contributed by atoms with Gasteiger partial charge in [-0.05, 0) is 173 Å². The third-order valence-corrected chi connectivity index (χ3v) is 15.4. The summed E-state index contributed by atoms with van der Waals surface area (Å²) in [6, 6.07) is 73.9. The molecule has 6 heteroatoms. The van der Waals surface area contributed by atoms with Crippen molar-refractivity contribution in [1.82, 2.24) is 0 Å². The standard InChI is InChI=1S/C68H48N2O4/c1-39(2)41-13-19-46(20-14-41)69(50-25-29-61-56(37-50)53-9-5-7-11-59(53)71-61)48-23-17-43-35-58-65(36-45(43)34-48)73-63-31-32-64-66(67(58)63)55-27-18-44-33-49(24-28-52(44)68(55)74-64)70(47-21-15-42(16-22-47)40(3)4)51-26-30-62-57(38-51)54-10-6-8-12-60(54)72-62/h5-40H,1-4H3. The summed E-state index contributed by atoms with van der Waals surface area (Å²) >= 11 is 0. The van der Waals surface area contributed by atoms with Crippen LogP contribution in [0.2, 0.25) is 0 Å². The van der Waals surface area contributed by atoms with E-state index >= 15 is 0 Å². The first-order valence-electron chi connectivity index (χ1n) is 25.6. The second-order valence-electron chi connectivity index (χ2n) is 20.5. The molecule has 74 heavy (non-hydrogen) atoms. The van der Waals surface area contributed by atoms with Crippen LogP contribution in [0.3, 0.4) is 0 Å². The Kier molecular flexibility index (Phi) is 9.24. The van der Waals surface area contributed by atoms with E-state index < -0.39 is 0 Å². The molecule has 0 N–H and O–H groups in total. The van der Waals surface area contributed by atoms with Crippen LogP contribution in [0.1, 0.15) is 50.7 Å². The van der Waals surface area contributed by atoms with Gasteiger partial charge in [-0.2, -0.15) is 0 Å². The molecule has 6 nitrogen and oxygen atoms in total. The Balaban J connectivity index is 0.846. The lowest BCUT2D eigenvalue weighted by Gasteiger charge is -2.26. The Bertz CT molecular complexity index is 4560. The second-order valence-corrected chi connectivity index (χ2v) is 20.5. The first-order chi connectivity index (χ1) is 36.3. The van der Waals surface area contributed by atoms with Gasteiger partial charge in [0.15, 0.2) is 0 Å².